The van der Waals surface area contributed by atoms with Crippen LogP contribution in [-0.4, -0.2) is 50.5 Å². The lowest BCUT2D eigenvalue weighted by Gasteiger charge is -2.19. The summed E-state index contributed by atoms with van der Waals surface area (Å²) in [7, 11) is 0. The molecule has 0 bridgehead atoms. The zero-order chi connectivity index (χ0) is 20.4. The van der Waals surface area contributed by atoms with E-state index in [1.165, 1.54) is 0 Å². The number of amides is 1. The highest BCUT2D eigenvalue weighted by Gasteiger charge is 2.15. The zero-order valence-electron chi connectivity index (χ0n) is 17.3. The molecular weight excluding hydrogens is 360 g/mol. The van der Waals surface area contributed by atoms with Crippen molar-refractivity contribution in [1.29, 1.82) is 0 Å². The van der Waals surface area contributed by atoms with E-state index in [4.69, 9.17) is 14.2 Å². The van der Waals surface area contributed by atoms with Crippen molar-refractivity contribution in [2.75, 3.05) is 32.8 Å². The predicted molar refractivity (Wildman–Crippen MR) is 109 cm³/mol. The van der Waals surface area contributed by atoms with Crippen LogP contribution in [0, 0.1) is 0 Å². The maximum atomic E-state index is 11.7. The second kappa shape index (κ2) is 10.6. The third kappa shape index (κ3) is 7.94. The number of alkyl carbamates (subject to hydrolysis) is 1. The summed E-state index contributed by atoms with van der Waals surface area (Å²) in [5.74, 6) is 2.23. The summed E-state index contributed by atoms with van der Waals surface area (Å²) in [6.07, 6.45) is 0.456. The van der Waals surface area contributed by atoms with Crippen LogP contribution in [0.5, 0.6) is 11.5 Å². The topological polar surface area (TPSA) is 93.2 Å². The van der Waals surface area contributed by atoms with Crippen LogP contribution >= 0.6 is 0 Å². The van der Waals surface area contributed by atoms with Crippen LogP contribution in [0.4, 0.5) is 4.79 Å². The first kappa shape index (κ1) is 21.7. The van der Waals surface area contributed by atoms with Gasteiger partial charge in [0.2, 0.25) is 0 Å². The Morgan fingerprint density at radius 2 is 1.82 bits per heavy atom. The lowest BCUT2D eigenvalue weighted by Crippen LogP contribution is -2.42. The lowest BCUT2D eigenvalue weighted by atomic mass is 10.2. The van der Waals surface area contributed by atoms with Gasteiger partial charge in [-0.15, -0.1) is 0 Å². The molecule has 8 nitrogen and oxygen atoms in total. The molecule has 0 saturated carbocycles. The lowest BCUT2D eigenvalue weighted by molar-refractivity contribution is 0.0529. The van der Waals surface area contributed by atoms with E-state index >= 15 is 0 Å². The SMILES string of the molecule is CCNC(=NCc1ccc2c(c1)OCCCO2)NCCNC(=O)OC(C)(C)C. The van der Waals surface area contributed by atoms with Crippen molar-refractivity contribution in [2.45, 2.75) is 46.3 Å². The first-order valence-corrected chi connectivity index (χ1v) is 9.75. The van der Waals surface area contributed by atoms with Crippen molar-refractivity contribution >= 4 is 12.1 Å². The van der Waals surface area contributed by atoms with Gasteiger partial charge in [-0.3, -0.25) is 0 Å². The number of hydrogen-bond acceptors (Lipinski definition) is 5. The van der Waals surface area contributed by atoms with E-state index in [-0.39, 0.29) is 0 Å². The Morgan fingerprint density at radius 3 is 2.54 bits per heavy atom. The van der Waals surface area contributed by atoms with Gasteiger partial charge in [-0.05, 0) is 45.4 Å². The van der Waals surface area contributed by atoms with Gasteiger partial charge in [0.05, 0.1) is 19.8 Å². The zero-order valence-corrected chi connectivity index (χ0v) is 17.3. The highest BCUT2D eigenvalue weighted by Crippen LogP contribution is 2.30. The molecule has 1 aliphatic heterocycles. The molecule has 1 aromatic carbocycles. The number of carbonyl (C=O) groups excluding carboxylic acids is 1. The number of fused-ring (bicyclic) bond motifs is 1. The van der Waals surface area contributed by atoms with Crippen LogP contribution in [0.25, 0.3) is 0 Å². The molecule has 0 fully saturated rings. The van der Waals surface area contributed by atoms with E-state index in [1.807, 2.05) is 45.9 Å². The number of guanidine groups is 1. The van der Waals surface area contributed by atoms with E-state index in [0.717, 1.165) is 30.0 Å². The predicted octanol–water partition coefficient (Wildman–Crippen LogP) is 2.43. The van der Waals surface area contributed by atoms with Gasteiger partial charge in [-0.25, -0.2) is 9.79 Å². The van der Waals surface area contributed by atoms with Crippen molar-refractivity contribution in [3.8, 4) is 11.5 Å². The molecule has 0 atom stereocenters. The van der Waals surface area contributed by atoms with Crippen molar-refractivity contribution < 1.29 is 19.0 Å². The van der Waals surface area contributed by atoms with Crippen molar-refractivity contribution in [3.05, 3.63) is 23.8 Å². The van der Waals surface area contributed by atoms with E-state index in [0.29, 0.717) is 38.8 Å². The molecule has 0 aliphatic carbocycles. The first-order chi connectivity index (χ1) is 13.4. The Labute approximate surface area is 167 Å². The van der Waals surface area contributed by atoms with Gasteiger partial charge < -0.3 is 30.2 Å². The molecule has 1 aliphatic rings. The first-order valence-electron chi connectivity index (χ1n) is 9.75. The molecule has 0 unspecified atom stereocenters. The van der Waals surface area contributed by atoms with Crippen LogP contribution in [0.2, 0.25) is 0 Å². The molecule has 8 heteroatoms. The number of rotatable bonds is 6. The maximum absolute atomic E-state index is 11.7. The van der Waals surface area contributed by atoms with Gasteiger partial charge in [0, 0.05) is 26.1 Å². The maximum Gasteiger partial charge on any atom is 0.407 e. The monoisotopic (exact) mass is 392 g/mol. The third-order valence-corrected chi connectivity index (χ3v) is 3.66. The molecule has 1 aromatic rings. The van der Waals surface area contributed by atoms with Crippen LogP contribution < -0.4 is 25.4 Å². The van der Waals surface area contributed by atoms with E-state index < -0.39 is 11.7 Å². The molecule has 2 rings (SSSR count). The quantitative estimate of drug-likeness (QED) is 0.391. The van der Waals surface area contributed by atoms with Gasteiger partial charge in [-0.1, -0.05) is 6.07 Å². The van der Waals surface area contributed by atoms with E-state index in [1.54, 1.807) is 0 Å². The van der Waals surface area contributed by atoms with Gasteiger partial charge in [-0.2, -0.15) is 0 Å². The number of nitrogens with one attached hydrogen (secondary N) is 3. The molecule has 0 saturated heterocycles. The summed E-state index contributed by atoms with van der Waals surface area (Å²) in [6, 6.07) is 5.89. The molecule has 0 radical (unpaired) electrons. The normalized spacial score (nSPS) is 14.1. The van der Waals surface area contributed by atoms with Crippen LogP contribution in [0.1, 0.15) is 39.7 Å². The van der Waals surface area contributed by atoms with Gasteiger partial charge in [0.1, 0.15) is 5.60 Å². The minimum absolute atomic E-state index is 0.427. The van der Waals surface area contributed by atoms with Crippen LogP contribution in [0.3, 0.4) is 0 Å². The smallest absolute Gasteiger partial charge is 0.407 e. The summed E-state index contributed by atoms with van der Waals surface area (Å²) < 4.78 is 16.6. The summed E-state index contributed by atoms with van der Waals surface area (Å²) in [6.45, 7) is 11.1. The van der Waals surface area contributed by atoms with Crippen molar-refractivity contribution in [1.82, 2.24) is 16.0 Å². The largest absolute Gasteiger partial charge is 0.490 e. The second-order valence-corrected chi connectivity index (χ2v) is 7.38. The molecule has 28 heavy (non-hydrogen) atoms. The van der Waals surface area contributed by atoms with E-state index in [2.05, 4.69) is 20.9 Å². The summed E-state index contributed by atoms with van der Waals surface area (Å²) >= 11 is 0. The summed E-state index contributed by atoms with van der Waals surface area (Å²) in [4.78, 5) is 16.2. The Morgan fingerprint density at radius 1 is 1.11 bits per heavy atom. The summed E-state index contributed by atoms with van der Waals surface area (Å²) in [5.41, 5.74) is 0.532. The summed E-state index contributed by atoms with van der Waals surface area (Å²) in [5, 5.41) is 9.10. The number of carbonyl (C=O) groups is 1. The fourth-order valence-electron chi connectivity index (χ4n) is 2.48. The fourth-order valence-corrected chi connectivity index (χ4v) is 2.48. The Balaban J connectivity index is 1.83. The Hall–Kier alpha value is -2.64. The molecular formula is C20H32N4O4. The van der Waals surface area contributed by atoms with Crippen LogP contribution in [0.15, 0.2) is 23.2 Å². The Bertz CT molecular complexity index is 671. The number of ether oxygens (including phenoxy) is 3. The number of hydrogen-bond donors (Lipinski definition) is 3. The highest BCUT2D eigenvalue weighted by molar-refractivity contribution is 5.79. The van der Waals surface area contributed by atoms with E-state index in [9.17, 15) is 4.79 Å². The average Bonchev–Trinajstić information content (AvgIpc) is 2.86. The number of benzene rings is 1. The van der Waals surface area contributed by atoms with Gasteiger partial charge in [0.25, 0.3) is 0 Å². The minimum Gasteiger partial charge on any atom is -0.490 e. The molecule has 1 amide bonds. The standard InChI is InChI=1S/C20H32N4O4/c1-5-21-18(22-9-10-23-19(25)28-20(2,3)4)24-14-15-7-8-16-17(13-15)27-12-6-11-26-16/h7-8,13H,5-6,9-12,14H2,1-4H3,(H,23,25)(H2,21,22,24). The number of aliphatic imine (C=N–C) groups is 1. The fraction of sp³-hybridized carbons (Fsp3) is 0.600. The average molecular weight is 393 g/mol. The third-order valence-electron chi connectivity index (χ3n) is 3.66. The van der Waals surface area contributed by atoms with Crippen molar-refractivity contribution in [3.63, 3.8) is 0 Å². The highest BCUT2D eigenvalue weighted by atomic mass is 16.6. The molecule has 0 aromatic heterocycles. The van der Waals surface area contributed by atoms with Crippen LogP contribution in [-0.2, 0) is 11.3 Å². The number of nitrogens with zero attached hydrogens (tertiary/aromatic N) is 1. The Kier molecular flexibility index (Phi) is 8.22. The second-order valence-electron chi connectivity index (χ2n) is 7.38. The minimum atomic E-state index is -0.503. The van der Waals surface area contributed by atoms with Gasteiger partial charge >= 0.3 is 6.09 Å². The van der Waals surface area contributed by atoms with Crippen molar-refractivity contribution in [2.24, 2.45) is 4.99 Å². The molecule has 156 valence electrons. The molecule has 3 N–H and O–H groups in total. The van der Waals surface area contributed by atoms with Gasteiger partial charge in [0.15, 0.2) is 17.5 Å². The molecule has 0 spiro atoms. The molecule has 1 heterocycles.